The summed E-state index contributed by atoms with van der Waals surface area (Å²) in [5.41, 5.74) is 0. The van der Waals surface area contributed by atoms with Gasteiger partial charge in [-0.1, -0.05) is 6.58 Å². The van der Waals surface area contributed by atoms with Crippen molar-refractivity contribution in [2.45, 2.75) is 19.6 Å². The lowest BCUT2D eigenvalue weighted by Crippen LogP contribution is -2.24. The molecule has 88 valence electrons. The Balaban J connectivity index is 2.70. The molecule has 0 amide bonds. The maximum Gasteiger partial charge on any atom is 0.379 e. The molecule has 0 aromatic carbocycles. The number of hydrogen-bond donors (Lipinski definition) is 0. The Labute approximate surface area is 96.3 Å². The maximum absolute atomic E-state index is 11.2. The molecule has 4 nitrogen and oxygen atoms in total. The molecule has 0 aromatic rings. The molecule has 1 aliphatic rings. The highest BCUT2D eigenvalue weighted by Crippen LogP contribution is 2.20. The van der Waals surface area contributed by atoms with Crippen LogP contribution in [0.4, 0.5) is 0 Å². The SMILES string of the molecule is C=C(/C=C1\C=C(OC)C(=O)O1)O[Si](C)(C)C. The monoisotopic (exact) mass is 240 g/mol. The molecular weight excluding hydrogens is 224 g/mol. The number of ether oxygens (including phenoxy) is 2. The van der Waals surface area contributed by atoms with Crippen molar-refractivity contribution in [2.24, 2.45) is 0 Å². The number of carbonyl (C=O) groups excluding carboxylic acids is 1. The first-order chi connectivity index (χ1) is 7.31. The Morgan fingerprint density at radius 1 is 1.50 bits per heavy atom. The van der Waals surface area contributed by atoms with Crippen molar-refractivity contribution < 1.29 is 18.7 Å². The first-order valence-electron chi connectivity index (χ1n) is 4.89. The predicted molar refractivity (Wildman–Crippen MR) is 62.8 cm³/mol. The zero-order valence-electron chi connectivity index (χ0n) is 9.99. The average molecular weight is 240 g/mol. The second kappa shape index (κ2) is 4.57. The van der Waals surface area contributed by atoms with Gasteiger partial charge in [0.2, 0.25) is 14.1 Å². The lowest BCUT2D eigenvalue weighted by molar-refractivity contribution is -0.136. The number of hydrogen-bond acceptors (Lipinski definition) is 4. The van der Waals surface area contributed by atoms with E-state index in [1.807, 2.05) is 19.6 Å². The summed E-state index contributed by atoms with van der Waals surface area (Å²) in [4.78, 5) is 11.2. The summed E-state index contributed by atoms with van der Waals surface area (Å²) in [6.07, 6.45) is 3.10. The van der Waals surface area contributed by atoms with Crippen LogP contribution in [0.15, 0.2) is 36.0 Å². The molecule has 0 radical (unpaired) electrons. The van der Waals surface area contributed by atoms with Gasteiger partial charge < -0.3 is 13.9 Å². The van der Waals surface area contributed by atoms with E-state index in [0.717, 1.165) is 0 Å². The summed E-state index contributed by atoms with van der Waals surface area (Å²) in [5, 5.41) is 0. The number of methoxy groups -OCH3 is 1. The van der Waals surface area contributed by atoms with Crippen molar-refractivity contribution in [3.8, 4) is 0 Å². The zero-order valence-corrected chi connectivity index (χ0v) is 11.0. The summed E-state index contributed by atoms with van der Waals surface area (Å²) >= 11 is 0. The molecule has 1 rings (SSSR count). The topological polar surface area (TPSA) is 44.8 Å². The van der Waals surface area contributed by atoms with Gasteiger partial charge in [-0.2, -0.15) is 0 Å². The fourth-order valence-corrected chi connectivity index (χ4v) is 2.02. The van der Waals surface area contributed by atoms with Gasteiger partial charge in [0.25, 0.3) is 0 Å². The van der Waals surface area contributed by atoms with Crippen LogP contribution >= 0.6 is 0 Å². The van der Waals surface area contributed by atoms with Crippen molar-refractivity contribution in [2.75, 3.05) is 7.11 Å². The Morgan fingerprint density at radius 2 is 2.12 bits per heavy atom. The predicted octanol–water partition coefficient (Wildman–Crippen LogP) is 2.32. The van der Waals surface area contributed by atoms with Gasteiger partial charge in [-0.15, -0.1) is 0 Å². The zero-order chi connectivity index (χ0) is 12.3. The Kier molecular flexibility index (Phi) is 3.59. The lowest BCUT2D eigenvalue weighted by Gasteiger charge is -2.18. The van der Waals surface area contributed by atoms with Crippen LogP contribution < -0.4 is 0 Å². The molecule has 0 saturated carbocycles. The molecule has 0 bridgehead atoms. The van der Waals surface area contributed by atoms with Crippen LogP contribution in [0.25, 0.3) is 0 Å². The van der Waals surface area contributed by atoms with Crippen LogP contribution in [0.2, 0.25) is 19.6 Å². The maximum atomic E-state index is 11.2. The summed E-state index contributed by atoms with van der Waals surface area (Å²) in [7, 11) is -0.251. The molecule has 1 heterocycles. The number of rotatable bonds is 4. The third kappa shape index (κ3) is 3.58. The second-order valence-corrected chi connectivity index (χ2v) is 8.76. The van der Waals surface area contributed by atoms with E-state index in [9.17, 15) is 4.79 Å². The molecule has 0 aromatic heterocycles. The standard InChI is InChI=1S/C11H16O4Si/c1-8(15-16(3,4)5)6-9-7-10(13-2)11(12)14-9/h6-7H,1H2,2-5H3/b9-6+. The Bertz CT molecular complexity index is 374. The van der Waals surface area contributed by atoms with Crippen molar-refractivity contribution in [3.05, 3.63) is 36.0 Å². The third-order valence-corrected chi connectivity index (χ3v) is 2.52. The lowest BCUT2D eigenvalue weighted by atomic mass is 10.4. The molecule has 5 heteroatoms. The summed E-state index contributed by atoms with van der Waals surface area (Å²) in [6, 6.07) is 0. The fourth-order valence-electron chi connectivity index (χ4n) is 1.17. The van der Waals surface area contributed by atoms with E-state index in [1.165, 1.54) is 13.2 Å². The average Bonchev–Trinajstić information content (AvgIpc) is 2.42. The third-order valence-electron chi connectivity index (χ3n) is 1.65. The normalized spacial score (nSPS) is 18.1. The quantitative estimate of drug-likeness (QED) is 0.430. The minimum absolute atomic E-state index is 0.187. The van der Waals surface area contributed by atoms with Gasteiger partial charge in [-0.3, -0.25) is 0 Å². The van der Waals surface area contributed by atoms with Crippen LogP contribution in [-0.2, 0) is 18.7 Å². The van der Waals surface area contributed by atoms with Gasteiger partial charge in [-0.25, -0.2) is 4.79 Å². The van der Waals surface area contributed by atoms with E-state index in [0.29, 0.717) is 11.5 Å². The molecule has 0 spiro atoms. The van der Waals surface area contributed by atoms with Crippen molar-refractivity contribution >= 4 is 14.3 Å². The van der Waals surface area contributed by atoms with Crippen molar-refractivity contribution in [1.29, 1.82) is 0 Å². The molecule has 0 N–H and O–H groups in total. The largest absolute Gasteiger partial charge is 0.545 e. The van der Waals surface area contributed by atoms with Crippen LogP contribution in [-0.4, -0.2) is 21.4 Å². The van der Waals surface area contributed by atoms with Gasteiger partial charge in [-0.05, 0) is 19.6 Å². The number of allylic oxidation sites excluding steroid dienone is 2. The highest BCUT2D eigenvalue weighted by molar-refractivity contribution is 6.70. The molecule has 0 aliphatic carbocycles. The molecular formula is C11H16O4Si. The molecule has 16 heavy (non-hydrogen) atoms. The highest BCUT2D eigenvalue weighted by atomic mass is 28.4. The highest BCUT2D eigenvalue weighted by Gasteiger charge is 2.23. The Morgan fingerprint density at radius 3 is 2.56 bits per heavy atom. The van der Waals surface area contributed by atoms with Crippen LogP contribution in [0.5, 0.6) is 0 Å². The van der Waals surface area contributed by atoms with Gasteiger partial charge in [0, 0.05) is 12.2 Å². The minimum Gasteiger partial charge on any atom is -0.545 e. The van der Waals surface area contributed by atoms with Gasteiger partial charge >= 0.3 is 5.97 Å². The molecule has 0 fully saturated rings. The van der Waals surface area contributed by atoms with Crippen LogP contribution in [0.1, 0.15) is 0 Å². The summed E-state index contributed by atoms with van der Waals surface area (Å²) in [6.45, 7) is 9.90. The van der Waals surface area contributed by atoms with E-state index in [2.05, 4.69) is 6.58 Å². The molecule has 1 aliphatic heterocycles. The van der Waals surface area contributed by atoms with Crippen LogP contribution in [0, 0.1) is 0 Å². The number of carbonyl (C=O) groups is 1. The first kappa shape index (κ1) is 12.6. The van der Waals surface area contributed by atoms with E-state index < -0.39 is 14.3 Å². The molecule has 0 saturated heterocycles. The van der Waals surface area contributed by atoms with Gasteiger partial charge in [0.15, 0.2) is 0 Å². The summed E-state index contributed by atoms with van der Waals surface area (Å²) in [5.74, 6) is 0.585. The van der Waals surface area contributed by atoms with Gasteiger partial charge in [0.1, 0.15) is 5.76 Å². The number of cyclic esters (lactones) is 1. The van der Waals surface area contributed by atoms with E-state index >= 15 is 0 Å². The van der Waals surface area contributed by atoms with Crippen molar-refractivity contribution in [3.63, 3.8) is 0 Å². The smallest absolute Gasteiger partial charge is 0.379 e. The van der Waals surface area contributed by atoms with E-state index in [-0.39, 0.29) is 5.76 Å². The Hall–Kier alpha value is -1.49. The summed E-state index contributed by atoms with van der Waals surface area (Å²) < 4.78 is 15.4. The van der Waals surface area contributed by atoms with E-state index in [4.69, 9.17) is 13.9 Å². The molecule has 0 unspecified atom stereocenters. The second-order valence-electron chi connectivity index (χ2n) is 4.33. The first-order valence-corrected chi connectivity index (χ1v) is 8.30. The fraction of sp³-hybridized carbons (Fsp3) is 0.364. The van der Waals surface area contributed by atoms with E-state index in [1.54, 1.807) is 6.08 Å². The molecule has 0 atom stereocenters. The van der Waals surface area contributed by atoms with Crippen LogP contribution in [0.3, 0.4) is 0 Å². The minimum atomic E-state index is -1.67. The van der Waals surface area contributed by atoms with Gasteiger partial charge in [0.05, 0.1) is 12.9 Å². The van der Waals surface area contributed by atoms with Crippen molar-refractivity contribution in [1.82, 2.24) is 0 Å². The number of esters is 1.